The van der Waals surface area contributed by atoms with Crippen molar-refractivity contribution >= 4 is 11.8 Å². The van der Waals surface area contributed by atoms with Crippen molar-refractivity contribution in [3.63, 3.8) is 0 Å². The molecule has 18 heavy (non-hydrogen) atoms. The van der Waals surface area contributed by atoms with Crippen molar-refractivity contribution in [2.24, 2.45) is 11.8 Å². The highest BCUT2D eigenvalue weighted by Crippen LogP contribution is 2.38. The van der Waals surface area contributed by atoms with E-state index in [0.29, 0.717) is 6.54 Å². The van der Waals surface area contributed by atoms with Crippen LogP contribution in [0.5, 0.6) is 5.75 Å². The summed E-state index contributed by atoms with van der Waals surface area (Å²) in [6, 6.07) is 6.63. The summed E-state index contributed by atoms with van der Waals surface area (Å²) in [6.45, 7) is 0.324. The number of nitrogens with zero attached hydrogens (tertiary/aromatic N) is 1. The number of carbonyl (C=O) groups is 2. The summed E-state index contributed by atoms with van der Waals surface area (Å²) >= 11 is 0. The Morgan fingerprint density at radius 3 is 2.17 bits per heavy atom. The Morgan fingerprint density at radius 2 is 1.61 bits per heavy atom. The van der Waals surface area contributed by atoms with Gasteiger partial charge in [-0.05, 0) is 37.0 Å². The maximum absolute atomic E-state index is 12.1. The maximum atomic E-state index is 12.1. The molecular formula is C14H15NO3. The van der Waals surface area contributed by atoms with Crippen LogP contribution in [0.25, 0.3) is 0 Å². The molecule has 1 heterocycles. The van der Waals surface area contributed by atoms with Crippen molar-refractivity contribution in [3.8, 4) is 5.75 Å². The number of phenols is 1. The van der Waals surface area contributed by atoms with Gasteiger partial charge in [-0.1, -0.05) is 12.1 Å². The van der Waals surface area contributed by atoms with E-state index in [1.165, 1.54) is 4.90 Å². The minimum atomic E-state index is -0.0261. The van der Waals surface area contributed by atoms with E-state index in [1.54, 1.807) is 24.3 Å². The summed E-state index contributed by atoms with van der Waals surface area (Å²) in [6.07, 6.45) is 2.44. The number of benzene rings is 1. The van der Waals surface area contributed by atoms with E-state index in [9.17, 15) is 14.7 Å². The molecule has 1 aromatic rings. The number of hydrogen-bond donors (Lipinski definition) is 1. The average molecular weight is 245 g/mol. The van der Waals surface area contributed by atoms with Crippen molar-refractivity contribution in [2.75, 3.05) is 0 Å². The van der Waals surface area contributed by atoms with Crippen LogP contribution in [0.4, 0.5) is 0 Å². The van der Waals surface area contributed by atoms with Gasteiger partial charge in [0.15, 0.2) is 0 Å². The second-order valence-corrected chi connectivity index (χ2v) is 5.14. The first kappa shape index (κ1) is 11.3. The molecule has 2 bridgehead atoms. The van der Waals surface area contributed by atoms with Gasteiger partial charge in [-0.25, -0.2) is 0 Å². The van der Waals surface area contributed by atoms with Crippen LogP contribution in [0.1, 0.15) is 24.8 Å². The van der Waals surface area contributed by atoms with Gasteiger partial charge in [0.1, 0.15) is 5.75 Å². The van der Waals surface area contributed by atoms with Gasteiger partial charge in [-0.3, -0.25) is 14.5 Å². The smallest absolute Gasteiger partial charge is 0.232 e. The SMILES string of the molecule is O=C1C2CCC(C2)C(=O)N1Cc1ccc(O)cc1. The van der Waals surface area contributed by atoms with Gasteiger partial charge in [0.2, 0.25) is 11.8 Å². The molecule has 1 aliphatic carbocycles. The van der Waals surface area contributed by atoms with Crippen LogP contribution >= 0.6 is 0 Å². The van der Waals surface area contributed by atoms with Gasteiger partial charge in [0.25, 0.3) is 0 Å². The van der Waals surface area contributed by atoms with Crippen LogP contribution in [0.3, 0.4) is 0 Å². The Hall–Kier alpha value is -1.84. The van der Waals surface area contributed by atoms with Gasteiger partial charge in [-0.15, -0.1) is 0 Å². The fraction of sp³-hybridized carbons (Fsp3) is 0.429. The predicted octanol–water partition coefficient (Wildman–Crippen LogP) is 1.68. The normalized spacial score (nSPS) is 26.8. The lowest BCUT2D eigenvalue weighted by atomic mass is 9.96. The number of rotatable bonds is 2. The number of likely N-dealkylation sites (tertiary alicyclic amines) is 1. The van der Waals surface area contributed by atoms with Crippen LogP contribution < -0.4 is 0 Å². The van der Waals surface area contributed by atoms with Crippen molar-refractivity contribution in [1.29, 1.82) is 0 Å². The molecule has 0 aromatic heterocycles. The molecule has 2 fully saturated rings. The molecule has 0 radical (unpaired) electrons. The molecule has 4 nitrogen and oxygen atoms in total. The number of hydrogen-bond acceptors (Lipinski definition) is 3. The Kier molecular flexibility index (Phi) is 2.58. The third kappa shape index (κ3) is 1.78. The predicted molar refractivity (Wildman–Crippen MR) is 64.5 cm³/mol. The van der Waals surface area contributed by atoms with Crippen LogP contribution in [-0.4, -0.2) is 21.8 Å². The Balaban J connectivity index is 1.81. The topological polar surface area (TPSA) is 57.6 Å². The molecule has 94 valence electrons. The largest absolute Gasteiger partial charge is 0.508 e. The zero-order chi connectivity index (χ0) is 12.7. The Bertz CT molecular complexity index is 472. The fourth-order valence-electron chi connectivity index (χ4n) is 2.92. The molecule has 1 saturated heterocycles. The summed E-state index contributed by atoms with van der Waals surface area (Å²) in [7, 11) is 0. The summed E-state index contributed by atoms with van der Waals surface area (Å²) in [5.41, 5.74) is 0.871. The van der Waals surface area contributed by atoms with E-state index in [-0.39, 0.29) is 29.4 Å². The van der Waals surface area contributed by atoms with Crippen molar-refractivity contribution in [3.05, 3.63) is 29.8 Å². The fourth-order valence-corrected chi connectivity index (χ4v) is 2.92. The third-order valence-electron chi connectivity index (χ3n) is 3.94. The molecular weight excluding hydrogens is 230 g/mol. The van der Waals surface area contributed by atoms with Crippen LogP contribution in [0.2, 0.25) is 0 Å². The highest BCUT2D eigenvalue weighted by molar-refractivity contribution is 6.00. The second-order valence-electron chi connectivity index (χ2n) is 5.14. The quantitative estimate of drug-likeness (QED) is 0.806. The van der Waals surface area contributed by atoms with E-state index in [1.807, 2.05) is 0 Å². The van der Waals surface area contributed by atoms with Crippen molar-refractivity contribution in [1.82, 2.24) is 4.90 Å². The zero-order valence-corrected chi connectivity index (χ0v) is 10.0. The molecule has 1 N–H and O–H groups in total. The first-order valence-corrected chi connectivity index (χ1v) is 6.28. The highest BCUT2D eigenvalue weighted by atomic mass is 16.3. The molecule has 2 atom stereocenters. The van der Waals surface area contributed by atoms with Crippen LogP contribution in [0.15, 0.2) is 24.3 Å². The number of aromatic hydroxyl groups is 1. The number of amides is 2. The summed E-state index contributed by atoms with van der Waals surface area (Å²) in [5, 5.41) is 9.21. The average Bonchev–Trinajstić information content (AvgIpc) is 2.82. The summed E-state index contributed by atoms with van der Waals surface area (Å²) in [4.78, 5) is 25.6. The van der Waals surface area contributed by atoms with Gasteiger partial charge < -0.3 is 5.11 Å². The second kappa shape index (κ2) is 4.12. The monoisotopic (exact) mass is 245 g/mol. The first-order chi connectivity index (χ1) is 8.65. The van der Waals surface area contributed by atoms with E-state index in [4.69, 9.17) is 0 Å². The number of phenolic OH excluding ortho intramolecular Hbond substituents is 1. The minimum absolute atomic E-state index is 0.0261. The van der Waals surface area contributed by atoms with E-state index in [0.717, 1.165) is 24.8 Å². The highest BCUT2D eigenvalue weighted by Gasteiger charge is 2.44. The van der Waals surface area contributed by atoms with Gasteiger partial charge in [-0.2, -0.15) is 0 Å². The van der Waals surface area contributed by atoms with Gasteiger partial charge in [0.05, 0.1) is 6.54 Å². The van der Waals surface area contributed by atoms with Crippen LogP contribution in [0, 0.1) is 11.8 Å². The van der Waals surface area contributed by atoms with E-state index < -0.39 is 0 Å². The summed E-state index contributed by atoms with van der Waals surface area (Å²) in [5.74, 6) is 0.230. The number of piperidine rings is 1. The number of imide groups is 1. The number of carbonyl (C=O) groups excluding carboxylic acids is 2. The Morgan fingerprint density at radius 1 is 1.06 bits per heavy atom. The zero-order valence-electron chi connectivity index (χ0n) is 10.0. The minimum Gasteiger partial charge on any atom is -0.508 e. The standard InChI is InChI=1S/C14H15NO3/c16-12-5-1-9(2-6-12)8-15-13(17)10-3-4-11(7-10)14(15)18/h1-2,5-6,10-11,16H,3-4,7-8H2. The molecule has 1 aliphatic heterocycles. The third-order valence-corrected chi connectivity index (χ3v) is 3.94. The van der Waals surface area contributed by atoms with Gasteiger partial charge >= 0.3 is 0 Å². The van der Waals surface area contributed by atoms with Crippen molar-refractivity contribution in [2.45, 2.75) is 25.8 Å². The molecule has 4 heteroatoms. The first-order valence-electron chi connectivity index (χ1n) is 6.28. The molecule has 1 saturated carbocycles. The van der Waals surface area contributed by atoms with Crippen molar-refractivity contribution < 1.29 is 14.7 Å². The Labute approximate surface area is 105 Å². The molecule has 3 rings (SSSR count). The molecule has 1 aromatic carbocycles. The maximum Gasteiger partial charge on any atom is 0.232 e. The van der Waals surface area contributed by atoms with Crippen LogP contribution in [-0.2, 0) is 16.1 Å². The van der Waals surface area contributed by atoms with E-state index in [2.05, 4.69) is 0 Å². The lowest BCUT2D eigenvalue weighted by Crippen LogP contribution is -2.45. The number of fused-ring (bicyclic) bond motifs is 2. The molecule has 2 amide bonds. The molecule has 0 spiro atoms. The van der Waals surface area contributed by atoms with Gasteiger partial charge in [0, 0.05) is 11.8 Å². The molecule has 2 unspecified atom stereocenters. The lowest BCUT2D eigenvalue weighted by molar-refractivity contribution is -0.153. The molecule has 2 aliphatic rings. The lowest BCUT2D eigenvalue weighted by Gasteiger charge is -2.29. The van der Waals surface area contributed by atoms with E-state index >= 15 is 0 Å². The summed E-state index contributed by atoms with van der Waals surface area (Å²) < 4.78 is 0.